The maximum absolute atomic E-state index is 13.2. The Labute approximate surface area is 112 Å². The number of aryl methyl sites for hydroxylation is 1. The van der Waals surface area contributed by atoms with Gasteiger partial charge in [0.25, 0.3) is 0 Å². The van der Waals surface area contributed by atoms with Gasteiger partial charge in [-0.1, -0.05) is 6.92 Å². The van der Waals surface area contributed by atoms with Crippen molar-refractivity contribution >= 4 is 11.3 Å². The molecule has 1 aliphatic carbocycles. The molecule has 1 aliphatic rings. The monoisotopic (exact) mass is 273 g/mol. The summed E-state index contributed by atoms with van der Waals surface area (Å²) in [7, 11) is 0. The maximum Gasteiger partial charge on any atom is 0.248 e. The van der Waals surface area contributed by atoms with E-state index in [1.165, 1.54) is 9.75 Å². The van der Waals surface area contributed by atoms with Gasteiger partial charge in [0.2, 0.25) is 5.92 Å². The van der Waals surface area contributed by atoms with Crippen LogP contribution in [0.5, 0.6) is 0 Å². The molecular weight excluding hydrogens is 252 g/mol. The maximum atomic E-state index is 13.2. The van der Waals surface area contributed by atoms with E-state index < -0.39 is 5.92 Å². The second kappa shape index (κ2) is 5.66. The summed E-state index contributed by atoms with van der Waals surface area (Å²) in [6, 6.07) is 4.51. The Balaban J connectivity index is 2.07. The summed E-state index contributed by atoms with van der Waals surface area (Å²) in [5.41, 5.74) is 0. The Morgan fingerprint density at radius 3 is 2.56 bits per heavy atom. The van der Waals surface area contributed by atoms with Crippen LogP contribution in [0.2, 0.25) is 0 Å². The molecule has 1 heterocycles. The Morgan fingerprint density at radius 1 is 1.39 bits per heavy atom. The van der Waals surface area contributed by atoms with E-state index in [9.17, 15) is 8.78 Å². The van der Waals surface area contributed by atoms with E-state index in [1.807, 2.05) is 0 Å². The lowest BCUT2D eigenvalue weighted by atomic mass is 9.81. The van der Waals surface area contributed by atoms with Crippen LogP contribution in [0.25, 0.3) is 0 Å². The van der Waals surface area contributed by atoms with E-state index in [2.05, 4.69) is 31.3 Å². The van der Waals surface area contributed by atoms with Crippen LogP contribution < -0.4 is 5.32 Å². The van der Waals surface area contributed by atoms with Crippen molar-refractivity contribution in [3.63, 3.8) is 0 Å². The van der Waals surface area contributed by atoms with Gasteiger partial charge in [0.15, 0.2) is 0 Å². The van der Waals surface area contributed by atoms with Crippen LogP contribution in [0.3, 0.4) is 0 Å². The Hall–Kier alpha value is -0.480. The molecule has 0 bridgehead atoms. The van der Waals surface area contributed by atoms with Crippen LogP contribution in [-0.4, -0.2) is 12.5 Å². The summed E-state index contributed by atoms with van der Waals surface area (Å²) in [6.07, 6.45) is 1.34. The topological polar surface area (TPSA) is 12.0 Å². The van der Waals surface area contributed by atoms with Gasteiger partial charge in [0, 0.05) is 28.6 Å². The number of alkyl halides is 2. The van der Waals surface area contributed by atoms with Gasteiger partial charge in [-0.2, -0.15) is 0 Å². The standard InChI is InChI=1S/C14H21F2NS/c1-3-17-13(12-5-4-10(2)18-12)11-6-8-14(15,16)9-7-11/h4-5,11,13,17H,3,6-9H2,1-2H3. The van der Waals surface area contributed by atoms with Gasteiger partial charge in [-0.15, -0.1) is 11.3 Å². The van der Waals surface area contributed by atoms with Crippen molar-refractivity contribution in [1.82, 2.24) is 5.32 Å². The molecule has 1 atom stereocenters. The molecule has 18 heavy (non-hydrogen) atoms. The average Bonchev–Trinajstić information content (AvgIpc) is 2.73. The lowest BCUT2D eigenvalue weighted by Gasteiger charge is -2.33. The van der Waals surface area contributed by atoms with Crippen LogP contribution in [0.4, 0.5) is 8.78 Å². The first kappa shape index (κ1) is 13.9. The second-order valence-corrected chi connectivity index (χ2v) is 6.50. The van der Waals surface area contributed by atoms with Gasteiger partial charge in [-0.05, 0) is 44.4 Å². The highest BCUT2D eigenvalue weighted by Gasteiger charge is 2.38. The molecule has 1 fully saturated rings. The molecule has 0 spiro atoms. The third-order valence-electron chi connectivity index (χ3n) is 3.72. The molecule has 0 saturated heterocycles. The Morgan fingerprint density at radius 2 is 2.06 bits per heavy atom. The molecule has 1 nitrogen and oxygen atoms in total. The highest BCUT2D eigenvalue weighted by Crippen LogP contribution is 2.42. The fourth-order valence-corrected chi connectivity index (χ4v) is 3.78. The fourth-order valence-electron chi connectivity index (χ4n) is 2.74. The van der Waals surface area contributed by atoms with Gasteiger partial charge in [-0.3, -0.25) is 0 Å². The number of hydrogen-bond acceptors (Lipinski definition) is 2. The van der Waals surface area contributed by atoms with Crippen molar-refractivity contribution in [2.45, 2.75) is 51.5 Å². The largest absolute Gasteiger partial charge is 0.309 e. The number of rotatable bonds is 4. The van der Waals surface area contributed by atoms with Gasteiger partial charge in [0.05, 0.1) is 0 Å². The van der Waals surface area contributed by atoms with Crippen molar-refractivity contribution in [3.8, 4) is 0 Å². The summed E-state index contributed by atoms with van der Waals surface area (Å²) < 4.78 is 26.4. The predicted octanol–water partition coefficient (Wildman–Crippen LogP) is 4.53. The number of halogens is 2. The molecule has 0 radical (unpaired) electrons. The summed E-state index contributed by atoms with van der Waals surface area (Å²) in [4.78, 5) is 2.58. The minimum atomic E-state index is -2.43. The van der Waals surface area contributed by atoms with E-state index in [-0.39, 0.29) is 18.9 Å². The van der Waals surface area contributed by atoms with Crippen LogP contribution >= 0.6 is 11.3 Å². The summed E-state index contributed by atoms with van der Waals surface area (Å²) in [5, 5.41) is 3.47. The van der Waals surface area contributed by atoms with E-state index in [4.69, 9.17) is 0 Å². The molecule has 0 aliphatic heterocycles. The minimum absolute atomic E-state index is 0.0456. The second-order valence-electron chi connectivity index (χ2n) is 5.18. The quantitative estimate of drug-likeness (QED) is 0.849. The van der Waals surface area contributed by atoms with Crippen molar-refractivity contribution in [3.05, 3.63) is 21.9 Å². The molecular formula is C14H21F2NS. The molecule has 0 aromatic carbocycles. The first-order valence-electron chi connectivity index (χ1n) is 6.69. The normalized spacial score (nSPS) is 22.0. The van der Waals surface area contributed by atoms with E-state index in [0.717, 1.165) is 6.54 Å². The zero-order chi connectivity index (χ0) is 13.2. The lowest BCUT2D eigenvalue weighted by molar-refractivity contribution is -0.0495. The molecule has 1 unspecified atom stereocenters. The summed E-state index contributed by atoms with van der Waals surface area (Å²) in [5.74, 6) is -2.08. The third-order valence-corrected chi connectivity index (χ3v) is 4.81. The third kappa shape index (κ3) is 3.29. The smallest absolute Gasteiger partial charge is 0.248 e. The first-order chi connectivity index (χ1) is 8.52. The van der Waals surface area contributed by atoms with Crippen molar-refractivity contribution in [2.75, 3.05) is 6.54 Å². The minimum Gasteiger partial charge on any atom is -0.309 e. The Kier molecular flexibility index (Phi) is 4.38. The zero-order valence-corrected chi connectivity index (χ0v) is 11.8. The van der Waals surface area contributed by atoms with Crippen LogP contribution in [-0.2, 0) is 0 Å². The molecule has 0 amide bonds. The molecule has 2 rings (SSSR count). The molecule has 1 N–H and O–H groups in total. The van der Waals surface area contributed by atoms with Crippen LogP contribution in [0.1, 0.15) is 48.4 Å². The average molecular weight is 273 g/mol. The molecule has 102 valence electrons. The van der Waals surface area contributed by atoms with Gasteiger partial charge in [0.1, 0.15) is 0 Å². The highest BCUT2D eigenvalue weighted by atomic mass is 32.1. The SMILES string of the molecule is CCNC(c1ccc(C)s1)C1CCC(F)(F)CC1. The van der Waals surface area contributed by atoms with Gasteiger partial charge >= 0.3 is 0 Å². The predicted molar refractivity (Wildman–Crippen MR) is 72.4 cm³/mol. The number of thiophene rings is 1. The van der Waals surface area contributed by atoms with E-state index in [1.54, 1.807) is 11.3 Å². The fraction of sp³-hybridized carbons (Fsp3) is 0.714. The highest BCUT2D eigenvalue weighted by molar-refractivity contribution is 7.12. The first-order valence-corrected chi connectivity index (χ1v) is 7.51. The number of nitrogens with one attached hydrogen (secondary N) is 1. The van der Waals surface area contributed by atoms with Crippen molar-refractivity contribution < 1.29 is 8.78 Å². The van der Waals surface area contributed by atoms with Gasteiger partial charge < -0.3 is 5.32 Å². The van der Waals surface area contributed by atoms with E-state index in [0.29, 0.717) is 18.8 Å². The molecule has 4 heteroatoms. The van der Waals surface area contributed by atoms with Crippen molar-refractivity contribution in [1.29, 1.82) is 0 Å². The number of hydrogen-bond donors (Lipinski definition) is 1. The van der Waals surface area contributed by atoms with E-state index >= 15 is 0 Å². The Bertz CT molecular complexity index is 379. The van der Waals surface area contributed by atoms with Crippen LogP contribution in [0, 0.1) is 12.8 Å². The molecule has 1 aromatic heterocycles. The zero-order valence-electron chi connectivity index (χ0n) is 11.0. The van der Waals surface area contributed by atoms with Crippen LogP contribution in [0.15, 0.2) is 12.1 Å². The van der Waals surface area contributed by atoms with Crippen molar-refractivity contribution in [2.24, 2.45) is 5.92 Å². The summed E-state index contributed by atoms with van der Waals surface area (Å²) in [6.45, 7) is 5.05. The van der Waals surface area contributed by atoms with Gasteiger partial charge in [-0.25, -0.2) is 8.78 Å². The molecule has 1 aromatic rings. The summed E-state index contributed by atoms with van der Waals surface area (Å²) >= 11 is 1.78. The molecule has 1 saturated carbocycles. The lowest BCUT2D eigenvalue weighted by Crippen LogP contribution is -2.33.